The van der Waals surface area contributed by atoms with Crippen LogP contribution in [-0.4, -0.2) is 72.2 Å². The fourth-order valence-electron chi connectivity index (χ4n) is 0.264. The Balaban J connectivity index is 0. The monoisotopic (exact) mass is 262 g/mol. The molecule has 0 aliphatic rings. The van der Waals surface area contributed by atoms with Gasteiger partial charge < -0.3 is 20.0 Å². The predicted octanol–water partition coefficient (Wildman–Crippen LogP) is -0.0426. The molecule has 0 heterocycles. The van der Waals surface area contributed by atoms with Crippen molar-refractivity contribution in [2.75, 3.05) is 28.2 Å². The SMILES string of the molecule is CN(C)C(=O)N=NC(=O)N(C)C.O=C(O)C(=O)O. The Bertz CT molecular complexity index is 329. The van der Waals surface area contributed by atoms with Crippen molar-refractivity contribution < 1.29 is 29.4 Å². The zero-order chi connectivity index (χ0) is 14.9. The quantitative estimate of drug-likeness (QED) is 0.463. The van der Waals surface area contributed by atoms with Crippen LogP contribution < -0.4 is 0 Å². The predicted molar refractivity (Wildman–Crippen MR) is 58.3 cm³/mol. The molecule has 0 radical (unpaired) electrons. The van der Waals surface area contributed by atoms with Crippen LogP contribution in [0, 0.1) is 0 Å². The van der Waals surface area contributed by atoms with Crippen molar-refractivity contribution in [3.8, 4) is 0 Å². The van der Waals surface area contributed by atoms with Crippen LogP contribution in [0.4, 0.5) is 9.59 Å². The first-order chi connectivity index (χ1) is 8.09. The zero-order valence-corrected chi connectivity index (χ0v) is 10.3. The van der Waals surface area contributed by atoms with Crippen molar-refractivity contribution >= 4 is 24.0 Å². The van der Waals surface area contributed by atoms with E-state index in [2.05, 4.69) is 10.2 Å². The second-order valence-corrected chi connectivity index (χ2v) is 3.16. The van der Waals surface area contributed by atoms with Gasteiger partial charge in [-0.05, 0) is 0 Å². The summed E-state index contributed by atoms with van der Waals surface area (Å²) in [4.78, 5) is 42.2. The highest BCUT2D eigenvalue weighted by molar-refractivity contribution is 6.27. The largest absolute Gasteiger partial charge is 0.473 e. The van der Waals surface area contributed by atoms with E-state index >= 15 is 0 Å². The van der Waals surface area contributed by atoms with Crippen LogP contribution in [0.15, 0.2) is 10.2 Å². The highest BCUT2D eigenvalue weighted by atomic mass is 16.4. The minimum absolute atomic E-state index is 0.551. The molecule has 0 aromatic rings. The first-order valence-electron chi connectivity index (χ1n) is 4.40. The van der Waals surface area contributed by atoms with Crippen molar-refractivity contribution in [2.45, 2.75) is 0 Å². The average molecular weight is 262 g/mol. The number of amides is 4. The number of rotatable bonds is 0. The van der Waals surface area contributed by atoms with E-state index in [0.717, 1.165) is 0 Å². The average Bonchev–Trinajstić information content (AvgIpc) is 2.25. The molecule has 0 fully saturated rings. The minimum Gasteiger partial charge on any atom is -0.473 e. The Labute approximate surface area is 103 Å². The Morgan fingerprint density at radius 2 is 0.944 bits per heavy atom. The molecule has 0 aromatic carbocycles. The molecule has 10 nitrogen and oxygen atoms in total. The third kappa shape index (κ3) is 10.0. The summed E-state index contributed by atoms with van der Waals surface area (Å²) in [6.07, 6.45) is 0. The van der Waals surface area contributed by atoms with Crippen LogP contribution in [0.2, 0.25) is 0 Å². The lowest BCUT2D eigenvalue weighted by molar-refractivity contribution is -0.159. The molecule has 0 unspecified atom stereocenters. The highest BCUT2D eigenvalue weighted by Crippen LogP contribution is 1.89. The number of aliphatic carboxylic acids is 2. The number of azo groups is 1. The Hall–Kier alpha value is -2.52. The number of carboxylic acids is 2. The standard InChI is InChI=1S/C6H12N4O2.C2H2O4/c1-9(2)5(11)7-8-6(12)10(3)4;3-1(4)2(5)6/h1-4H3;(H,3,4)(H,5,6). The molecule has 18 heavy (non-hydrogen) atoms. The molecule has 0 saturated carbocycles. The van der Waals surface area contributed by atoms with Crippen LogP contribution in [0.3, 0.4) is 0 Å². The second kappa shape index (κ2) is 8.61. The number of hydrogen-bond donors (Lipinski definition) is 2. The molecule has 0 spiro atoms. The van der Waals surface area contributed by atoms with Crippen molar-refractivity contribution in [1.29, 1.82) is 0 Å². The van der Waals surface area contributed by atoms with Crippen LogP contribution in [-0.2, 0) is 9.59 Å². The molecule has 0 aliphatic carbocycles. The number of carbonyl (C=O) groups is 4. The molecular formula is C8H14N4O6. The summed E-state index contributed by atoms with van der Waals surface area (Å²) in [7, 11) is 6.12. The van der Waals surface area contributed by atoms with Crippen LogP contribution >= 0.6 is 0 Å². The first-order valence-corrected chi connectivity index (χ1v) is 4.40. The van der Waals surface area contributed by atoms with Crippen LogP contribution in [0.1, 0.15) is 0 Å². The summed E-state index contributed by atoms with van der Waals surface area (Å²) in [6.45, 7) is 0. The van der Waals surface area contributed by atoms with Gasteiger partial charge in [-0.2, -0.15) is 0 Å². The Morgan fingerprint density at radius 1 is 0.722 bits per heavy atom. The highest BCUT2D eigenvalue weighted by Gasteiger charge is 2.04. The summed E-state index contributed by atoms with van der Waals surface area (Å²) in [6, 6.07) is -1.10. The molecule has 4 amide bonds. The Kier molecular flexibility index (Phi) is 8.55. The van der Waals surface area contributed by atoms with Crippen molar-refractivity contribution in [2.24, 2.45) is 10.2 Å². The Morgan fingerprint density at radius 3 is 1.06 bits per heavy atom. The fourth-order valence-corrected chi connectivity index (χ4v) is 0.264. The maximum Gasteiger partial charge on any atom is 0.414 e. The lowest BCUT2D eigenvalue weighted by Crippen LogP contribution is -2.20. The molecule has 0 bridgehead atoms. The van der Waals surface area contributed by atoms with E-state index in [1.807, 2.05) is 0 Å². The topological polar surface area (TPSA) is 140 Å². The van der Waals surface area contributed by atoms with Crippen molar-refractivity contribution in [3.63, 3.8) is 0 Å². The number of urea groups is 2. The van der Waals surface area contributed by atoms with Gasteiger partial charge in [-0.25, -0.2) is 19.2 Å². The molecule has 2 N–H and O–H groups in total. The van der Waals surface area contributed by atoms with Gasteiger partial charge in [0.2, 0.25) is 0 Å². The second-order valence-electron chi connectivity index (χ2n) is 3.16. The van der Waals surface area contributed by atoms with Crippen molar-refractivity contribution in [1.82, 2.24) is 9.80 Å². The third-order valence-corrected chi connectivity index (χ3v) is 1.17. The van der Waals surface area contributed by atoms with Gasteiger partial charge in [-0.15, -0.1) is 0 Å². The van der Waals surface area contributed by atoms with E-state index in [-0.39, 0.29) is 0 Å². The minimum atomic E-state index is -1.82. The molecule has 0 aromatic heterocycles. The molecule has 0 saturated heterocycles. The maximum atomic E-state index is 10.8. The van der Waals surface area contributed by atoms with Crippen LogP contribution in [0.25, 0.3) is 0 Å². The summed E-state index contributed by atoms with van der Waals surface area (Å²) < 4.78 is 0. The van der Waals surface area contributed by atoms with Crippen molar-refractivity contribution in [3.05, 3.63) is 0 Å². The van der Waals surface area contributed by atoms with E-state index < -0.39 is 24.0 Å². The van der Waals surface area contributed by atoms with Gasteiger partial charge in [-0.1, -0.05) is 10.2 Å². The zero-order valence-electron chi connectivity index (χ0n) is 10.3. The van der Waals surface area contributed by atoms with E-state index in [1.165, 1.54) is 38.0 Å². The summed E-state index contributed by atoms with van der Waals surface area (Å²) in [5.41, 5.74) is 0. The van der Waals surface area contributed by atoms with Gasteiger partial charge in [0, 0.05) is 28.2 Å². The lowest BCUT2D eigenvalue weighted by Gasteiger charge is -2.05. The molecule has 0 rings (SSSR count). The van der Waals surface area contributed by atoms with Gasteiger partial charge in [0.15, 0.2) is 0 Å². The smallest absolute Gasteiger partial charge is 0.414 e. The lowest BCUT2D eigenvalue weighted by atomic mass is 10.7. The van der Waals surface area contributed by atoms with Gasteiger partial charge in [0.05, 0.1) is 0 Å². The van der Waals surface area contributed by atoms with E-state index in [1.54, 1.807) is 0 Å². The molecule has 0 aliphatic heterocycles. The molecular weight excluding hydrogens is 248 g/mol. The summed E-state index contributed by atoms with van der Waals surface area (Å²) >= 11 is 0. The van der Waals surface area contributed by atoms with Gasteiger partial charge >= 0.3 is 24.0 Å². The molecule has 0 atom stereocenters. The number of hydrogen-bond acceptors (Lipinski definition) is 4. The van der Waals surface area contributed by atoms with E-state index in [0.29, 0.717) is 0 Å². The summed E-state index contributed by atoms with van der Waals surface area (Å²) in [5.74, 6) is -3.65. The third-order valence-electron chi connectivity index (χ3n) is 1.17. The normalized spacial score (nSPS) is 9.11. The van der Waals surface area contributed by atoms with E-state index in [9.17, 15) is 9.59 Å². The van der Waals surface area contributed by atoms with E-state index in [4.69, 9.17) is 19.8 Å². The number of carbonyl (C=O) groups excluding carboxylic acids is 2. The number of carboxylic acid groups (broad SMARTS) is 2. The van der Waals surface area contributed by atoms with Gasteiger partial charge in [-0.3, -0.25) is 0 Å². The first kappa shape index (κ1) is 17.9. The van der Waals surface area contributed by atoms with Gasteiger partial charge in [0.1, 0.15) is 0 Å². The maximum absolute atomic E-state index is 10.8. The molecule has 10 heteroatoms. The fraction of sp³-hybridized carbons (Fsp3) is 0.500. The molecule has 102 valence electrons. The van der Waals surface area contributed by atoms with Gasteiger partial charge in [0.25, 0.3) is 0 Å². The summed E-state index contributed by atoms with van der Waals surface area (Å²) in [5, 5.41) is 21.1. The van der Waals surface area contributed by atoms with Crippen LogP contribution in [0.5, 0.6) is 0 Å². The number of nitrogens with zero attached hydrogens (tertiary/aromatic N) is 4.